The van der Waals surface area contributed by atoms with Crippen molar-refractivity contribution in [3.05, 3.63) is 46.6 Å². The van der Waals surface area contributed by atoms with E-state index in [-0.39, 0.29) is 0 Å². The van der Waals surface area contributed by atoms with Crippen molar-refractivity contribution >= 4 is 0 Å². The summed E-state index contributed by atoms with van der Waals surface area (Å²) in [6.45, 7) is 26.4. The van der Waals surface area contributed by atoms with Gasteiger partial charge in [-0.1, -0.05) is 244 Å². The average molecular weight is 1530 g/mol. The minimum Gasteiger partial charge on any atom is -0.294 e. The van der Waals surface area contributed by atoms with E-state index in [1.54, 1.807) is 38.5 Å². The Morgan fingerprint density at radius 3 is 0.527 bits per heavy atom. The van der Waals surface area contributed by atoms with Crippen LogP contribution in [-0.2, 0) is 0 Å². The topological polar surface area (TPSA) is 6.48 Å². The van der Waals surface area contributed by atoms with Crippen LogP contribution in [0.3, 0.4) is 0 Å². The van der Waals surface area contributed by atoms with Gasteiger partial charge in [-0.05, 0) is 410 Å². The van der Waals surface area contributed by atoms with Gasteiger partial charge in [-0.3, -0.25) is 9.80 Å². The number of allylic oxidation sites excluding steroid dienone is 8. The smallest absolute Gasteiger partial charge is 0.0158 e. The fraction of sp³-hybridized carbons (Fsp3) is 0.927. The maximum Gasteiger partial charge on any atom is 0.0158 e. The third-order valence-corrected chi connectivity index (χ3v) is 39.7. The number of fused-ring (bicyclic) bond motifs is 2. The van der Waals surface area contributed by atoms with Gasteiger partial charge in [-0.25, -0.2) is 0 Å². The second kappa shape index (κ2) is 39.8. The number of rotatable bonds is 19. The Morgan fingerprint density at radius 1 is 0.179 bits per heavy atom. The van der Waals surface area contributed by atoms with E-state index in [9.17, 15) is 0 Å². The average Bonchev–Trinajstić information content (AvgIpc) is 0.733. The van der Waals surface area contributed by atoms with Crippen LogP contribution in [0.25, 0.3) is 0 Å². The summed E-state index contributed by atoms with van der Waals surface area (Å²) < 4.78 is 0. The Bertz CT molecular complexity index is 2470. The lowest BCUT2D eigenvalue weighted by Gasteiger charge is -2.62. The van der Waals surface area contributed by atoms with E-state index in [0.29, 0.717) is 0 Å². The summed E-state index contributed by atoms with van der Waals surface area (Å²) >= 11 is 0. The summed E-state index contributed by atoms with van der Waals surface area (Å²) in [7, 11) is 0. The highest BCUT2D eigenvalue weighted by atomic mass is 15.2. The minimum atomic E-state index is 0.806. The molecule has 0 aromatic carbocycles. The van der Waals surface area contributed by atoms with E-state index in [4.69, 9.17) is 0 Å². The maximum atomic E-state index is 3.58. The Labute approximate surface area is 695 Å². The van der Waals surface area contributed by atoms with Crippen LogP contribution in [0, 0.1) is 166 Å². The van der Waals surface area contributed by atoms with Crippen LogP contribution in [0.15, 0.2) is 46.6 Å². The van der Waals surface area contributed by atoms with Crippen molar-refractivity contribution in [2.75, 3.05) is 0 Å². The maximum absolute atomic E-state index is 3.58. The summed E-state index contributed by atoms with van der Waals surface area (Å²) in [6, 6.07) is 4.85. The van der Waals surface area contributed by atoms with E-state index >= 15 is 0 Å². The van der Waals surface area contributed by atoms with Crippen molar-refractivity contribution in [3.63, 3.8) is 0 Å². The highest BCUT2D eigenvalue weighted by Crippen LogP contribution is 2.61. The predicted octanol–water partition coefficient (Wildman–Crippen LogP) is 31.8. The van der Waals surface area contributed by atoms with Crippen molar-refractivity contribution in [2.45, 2.75) is 478 Å². The van der Waals surface area contributed by atoms with Gasteiger partial charge in [0, 0.05) is 36.3 Å². The lowest BCUT2D eigenvalue weighted by atomic mass is 9.50. The van der Waals surface area contributed by atoms with E-state index in [0.717, 1.165) is 202 Å². The van der Waals surface area contributed by atoms with Crippen molar-refractivity contribution in [3.8, 4) is 0 Å². The summed E-state index contributed by atoms with van der Waals surface area (Å²) in [5.74, 6) is 25.4. The number of hydrogen-bond acceptors (Lipinski definition) is 2. The van der Waals surface area contributed by atoms with Gasteiger partial charge >= 0.3 is 0 Å². The molecule has 0 N–H and O–H groups in total. The molecule has 16 rings (SSSR count). The van der Waals surface area contributed by atoms with E-state index in [1.807, 2.05) is 22.3 Å². The van der Waals surface area contributed by atoms with Crippen LogP contribution in [0.4, 0.5) is 0 Å². The van der Waals surface area contributed by atoms with E-state index in [1.165, 1.54) is 334 Å². The molecule has 16 fully saturated rings. The monoisotopic (exact) mass is 1530 g/mol. The lowest BCUT2D eigenvalue weighted by Crippen LogP contribution is -2.63. The Morgan fingerprint density at radius 2 is 0.348 bits per heavy atom. The largest absolute Gasteiger partial charge is 0.294 e. The molecule has 0 bridgehead atoms. The molecule has 634 valence electrons. The Kier molecular flexibility index (Phi) is 30.0. The van der Waals surface area contributed by atoms with Crippen LogP contribution >= 0.6 is 0 Å². The van der Waals surface area contributed by atoms with Crippen molar-refractivity contribution < 1.29 is 0 Å². The van der Waals surface area contributed by atoms with Gasteiger partial charge in [0.25, 0.3) is 0 Å². The van der Waals surface area contributed by atoms with Gasteiger partial charge in [-0.15, -0.1) is 0 Å². The quantitative estimate of drug-likeness (QED) is 0.119. The van der Waals surface area contributed by atoms with Crippen molar-refractivity contribution in [2.24, 2.45) is 166 Å². The second-order valence-electron chi connectivity index (χ2n) is 47.4. The van der Waals surface area contributed by atoms with Crippen LogP contribution in [-0.4, -0.2) is 46.1 Å². The van der Waals surface area contributed by atoms with Gasteiger partial charge in [-0.2, -0.15) is 0 Å². The molecule has 0 aromatic heterocycles. The van der Waals surface area contributed by atoms with E-state index in [2.05, 4.69) is 103 Å². The van der Waals surface area contributed by atoms with Crippen LogP contribution in [0.1, 0.15) is 442 Å². The lowest BCUT2D eigenvalue weighted by molar-refractivity contribution is -0.127. The first kappa shape index (κ1) is 84.5. The molecule has 0 amide bonds. The molecule has 2 heteroatoms. The third-order valence-electron chi connectivity index (χ3n) is 39.7. The third kappa shape index (κ3) is 20.5. The Hall–Kier alpha value is -1.12. The molecule has 112 heavy (non-hydrogen) atoms. The normalized spacial score (nSPS) is 46.9. The fourth-order valence-corrected chi connectivity index (χ4v) is 32.7. The standard InChI is InChI=1S/C110H184N2/c1-73-19-43-87(44-20-73)103(88-45-21-74(2)22-46-88)69-83-35-59-95(60-36-83)111(96-61-37-84(38-62-96)70-104(89-47-23-75(3)24-48-89)90-49-25-76(4)26-50-90)109-81(9)67-107(99-15-11-13-17-101(99)109)108-68-82(10)110(102-18-14-12-16-100(102)108)112(97-63-39-85(40-64-97)71-105(91-51-27-77(5)28-52-91)92-53-29-78(6)30-54-92)98-65-41-86(42-66-98)72-106(93-55-31-79(7)32-56-93)94-57-33-80(8)34-58-94/h69-102,107-110H,11-68H2,1-10H3. The summed E-state index contributed by atoms with van der Waals surface area (Å²) in [6.07, 6.45) is 99.1. The van der Waals surface area contributed by atoms with Gasteiger partial charge in [0.1, 0.15) is 0 Å². The van der Waals surface area contributed by atoms with Crippen LogP contribution in [0.5, 0.6) is 0 Å². The van der Waals surface area contributed by atoms with Crippen LogP contribution < -0.4 is 0 Å². The van der Waals surface area contributed by atoms with Gasteiger partial charge in [0.2, 0.25) is 0 Å². The molecule has 0 heterocycles. The molecule has 0 aromatic rings. The summed E-state index contributed by atoms with van der Waals surface area (Å²) in [5.41, 5.74) is 8.07. The number of hydrogen-bond donors (Lipinski definition) is 0. The molecule has 10 unspecified atom stereocenters. The zero-order chi connectivity index (χ0) is 76.9. The molecule has 0 saturated heterocycles. The molecule has 0 spiro atoms. The number of nitrogens with zero attached hydrogens (tertiary/aromatic N) is 2. The molecule has 10 atom stereocenters. The molecular formula is C110H184N2. The first-order valence-corrected chi connectivity index (χ1v) is 53.0. The fourth-order valence-electron chi connectivity index (χ4n) is 32.7. The predicted molar refractivity (Wildman–Crippen MR) is 481 cm³/mol. The van der Waals surface area contributed by atoms with Crippen molar-refractivity contribution in [1.82, 2.24) is 9.80 Å². The summed E-state index contributed by atoms with van der Waals surface area (Å²) in [5, 5.41) is 0. The Balaban J connectivity index is 0.668. The highest BCUT2D eigenvalue weighted by molar-refractivity contribution is 5.21. The molecule has 16 aliphatic carbocycles. The van der Waals surface area contributed by atoms with E-state index < -0.39 is 0 Å². The van der Waals surface area contributed by atoms with Crippen LogP contribution in [0.2, 0.25) is 0 Å². The SMILES string of the molecule is CC1CCC(C(=CC2CCC(N(C3CCC(C=C(C4CCC(C)CC4)C4CCC(C)CC4)CC3)C3C(C)CC(C4CC(C)C(N(C5CCC(C=C(C6CCC(C)CC6)C6CCC(C)CC6)CC5)C5CCC(C=C(C6CCC(C)CC6)C6CCC(C)CC6)CC5)C5CCCCC45)C4CCCCC43)CC2)C2CCC(C)CC2)CC1. The van der Waals surface area contributed by atoms with Gasteiger partial charge in [0.05, 0.1) is 0 Å². The second-order valence-corrected chi connectivity index (χ2v) is 47.4. The van der Waals surface area contributed by atoms with Gasteiger partial charge in [0.15, 0.2) is 0 Å². The molecule has 2 nitrogen and oxygen atoms in total. The van der Waals surface area contributed by atoms with Gasteiger partial charge < -0.3 is 0 Å². The first-order chi connectivity index (χ1) is 54.6. The highest BCUT2D eigenvalue weighted by Gasteiger charge is 2.57. The zero-order valence-electron chi connectivity index (χ0n) is 75.8. The molecule has 16 aliphatic rings. The summed E-state index contributed by atoms with van der Waals surface area (Å²) in [4.78, 5) is 7.16. The molecular weight excluding hydrogens is 1350 g/mol. The molecule has 0 radical (unpaired) electrons. The molecule has 0 aliphatic heterocycles. The van der Waals surface area contributed by atoms with Crippen molar-refractivity contribution in [1.29, 1.82) is 0 Å². The zero-order valence-corrected chi connectivity index (χ0v) is 75.8. The molecule has 16 saturated carbocycles. The minimum absolute atomic E-state index is 0.806. The first-order valence-electron chi connectivity index (χ1n) is 53.0.